The van der Waals surface area contributed by atoms with Crippen LogP contribution in [-0.2, 0) is 4.79 Å². The predicted octanol–water partition coefficient (Wildman–Crippen LogP) is 1.27. The Bertz CT molecular complexity index is 1310. The molecule has 0 radical (unpaired) electrons. The summed E-state index contributed by atoms with van der Waals surface area (Å²) in [6.07, 6.45) is 5.58. The lowest BCUT2D eigenvalue weighted by Crippen LogP contribution is -2.53. The molecule has 2 aliphatic heterocycles. The molecule has 0 saturated carbocycles. The van der Waals surface area contributed by atoms with Gasteiger partial charge in [0, 0.05) is 44.7 Å². The number of nitrogens with one attached hydrogen (secondary N) is 2. The SMILES string of the molecule is C[C@H]1CN(C(=O)C2CCN(c3c(F)cncc3NC(=O)c3c(N)nn4cc(F)cnc34)CC2)CCN1. The summed E-state index contributed by atoms with van der Waals surface area (Å²) in [7, 11) is 0. The summed E-state index contributed by atoms with van der Waals surface area (Å²) < 4.78 is 29.5. The van der Waals surface area contributed by atoms with Crippen LogP contribution in [0.5, 0.6) is 0 Å². The van der Waals surface area contributed by atoms with Crippen molar-refractivity contribution in [3.05, 3.63) is 42.0 Å². The molecule has 36 heavy (non-hydrogen) atoms. The van der Waals surface area contributed by atoms with Crippen LogP contribution in [0.1, 0.15) is 30.1 Å². The summed E-state index contributed by atoms with van der Waals surface area (Å²) in [5, 5.41) is 9.92. The molecule has 11 nitrogen and oxygen atoms in total. The molecule has 0 aliphatic carbocycles. The molecule has 2 amide bonds. The smallest absolute Gasteiger partial charge is 0.263 e. The lowest BCUT2D eigenvalue weighted by Gasteiger charge is -2.38. The second-order valence-electron chi connectivity index (χ2n) is 9.17. The van der Waals surface area contributed by atoms with Crippen molar-refractivity contribution in [3.8, 4) is 0 Å². The van der Waals surface area contributed by atoms with E-state index in [4.69, 9.17) is 5.73 Å². The molecule has 5 rings (SSSR count). The Kier molecular flexibility index (Phi) is 6.39. The van der Waals surface area contributed by atoms with Gasteiger partial charge in [-0.3, -0.25) is 14.6 Å². The summed E-state index contributed by atoms with van der Waals surface area (Å²) in [4.78, 5) is 37.6. The Hall–Kier alpha value is -3.87. The van der Waals surface area contributed by atoms with Crippen LogP contribution in [0.15, 0.2) is 24.8 Å². The predicted molar refractivity (Wildman–Crippen MR) is 128 cm³/mol. The lowest BCUT2D eigenvalue weighted by atomic mass is 9.94. The summed E-state index contributed by atoms with van der Waals surface area (Å²) in [5.41, 5.74) is 6.24. The molecule has 4 N–H and O–H groups in total. The highest BCUT2D eigenvalue weighted by molar-refractivity contribution is 6.12. The average molecular weight is 500 g/mol. The molecule has 3 aromatic heterocycles. The van der Waals surface area contributed by atoms with Gasteiger partial charge in [0.05, 0.1) is 30.5 Å². The van der Waals surface area contributed by atoms with Crippen molar-refractivity contribution < 1.29 is 18.4 Å². The van der Waals surface area contributed by atoms with E-state index < -0.39 is 17.5 Å². The van der Waals surface area contributed by atoms with E-state index in [-0.39, 0.29) is 46.3 Å². The molecule has 0 aromatic carbocycles. The van der Waals surface area contributed by atoms with Gasteiger partial charge in [0.1, 0.15) is 11.3 Å². The third-order valence-electron chi connectivity index (χ3n) is 6.66. The van der Waals surface area contributed by atoms with E-state index in [1.165, 1.54) is 6.20 Å². The number of hydrogen-bond donors (Lipinski definition) is 3. The first-order chi connectivity index (χ1) is 17.3. The molecule has 0 bridgehead atoms. The van der Waals surface area contributed by atoms with Crippen LogP contribution in [-0.4, -0.2) is 75.1 Å². The third-order valence-corrected chi connectivity index (χ3v) is 6.66. The topological polar surface area (TPSA) is 134 Å². The van der Waals surface area contributed by atoms with Crippen LogP contribution in [0, 0.1) is 17.6 Å². The van der Waals surface area contributed by atoms with Gasteiger partial charge in [0.2, 0.25) is 5.91 Å². The van der Waals surface area contributed by atoms with Crippen LogP contribution in [0.25, 0.3) is 5.65 Å². The fourth-order valence-electron chi connectivity index (χ4n) is 4.91. The maximum absolute atomic E-state index is 15.0. The van der Waals surface area contributed by atoms with E-state index in [1.807, 2.05) is 9.80 Å². The van der Waals surface area contributed by atoms with Gasteiger partial charge in [0.25, 0.3) is 5.91 Å². The quantitative estimate of drug-likeness (QED) is 0.489. The first-order valence-electron chi connectivity index (χ1n) is 11.8. The first-order valence-corrected chi connectivity index (χ1v) is 11.8. The molecular formula is C23H27F2N9O2. The minimum Gasteiger partial charge on any atom is -0.381 e. The van der Waals surface area contributed by atoms with Crippen molar-refractivity contribution in [2.45, 2.75) is 25.8 Å². The number of piperidine rings is 1. The van der Waals surface area contributed by atoms with E-state index in [0.29, 0.717) is 39.0 Å². The molecule has 13 heteroatoms. The standard InChI is InChI=1S/C23H27F2N9O2/c1-13-11-33(7-4-28-13)23(36)14-2-5-32(6-3-14)19-16(25)9-27-10-17(19)30-22(35)18-20(26)31-34-12-15(24)8-29-21(18)34/h8-10,12-14,28H,2-7,11H2,1H3,(H2,26,31)(H,30,35)/t13-/m0/s1. The molecule has 1 atom stereocenters. The van der Waals surface area contributed by atoms with Gasteiger partial charge in [-0.05, 0) is 19.8 Å². The Morgan fingerprint density at radius 2 is 1.94 bits per heavy atom. The molecule has 5 heterocycles. The third kappa shape index (κ3) is 4.53. The number of anilines is 3. The van der Waals surface area contributed by atoms with Gasteiger partial charge in [-0.25, -0.2) is 18.3 Å². The fraction of sp³-hybridized carbons (Fsp3) is 0.435. The molecule has 2 saturated heterocycles. The van der Waals surface area contributed by atoms with Gasteiger partial charge in [-0.1, -0.05) is 0 Å². The molecule has 0 spiro atoms. The van der Waals surface area contributed by atoms with E-state index in [1.54, 1.807) is 0 Å². The lowest BCUT2D eigenvalue weighted by molar-refractivity contribution is -0.137. The summed E-state index contributed by atoms with van der Waals surface area (Å²) in [5.74, 6) is -2.03. The minimum absolute atomic E-state index is 0.0558. The highest BCUT2D eigenvalue weighted by Gasteiger charge is 2.32. The zero-order chi connectivity index (χ0) is 25.4. The van der Waals surface area contributed by atoms with Crippen molar-refractivity contribution in [1.29, 1.82) is 0 Å². The van der Waals surface area contributed by atoms with E-state index in [2.05, 4.69) is 32.6 Å². The van der Waals surface area contributed by atoms with Crippen molar-refractivity contribution in [2.75, 3.05) is 48.7 Å². The molecular weight excluding hydrogens is 472 g/mol. The van der Waals surface area contributed by atoms with Crippen LogP contribution < -0.4 is 21.3 Å². The van der Waals surface area contributed by atoms with Gasteiger partial charge in [-0.2, -0.15) is 0 Å². The molecule has 190 valence electrons. The number of carbonyl (C=O) groups is 2. The number of carbonyl (C=O) groups excluding carboxylic acids is 2. The normalized spacial score (nSPS) is 19.0. The minimum atomic E-state index is -0.673. The number of nitrogen functional groups attached to an aromatic ring is 1. The first kappa shape index (κ1) is 23.9. The number of aromatic nitrogens is 4. The number of rotatable bonds is 4. The summed E-state index contributed by atoms with van der Waals surface area (Å²) in [6.45, 7) is 5.09. The molecule has 2 fully saturated rings. The van der Waals surface area contributed by atoms with Crippen LogP contribution in [0.3, 0.4) is 0 Å². The zero-order valence-electron chi connectivity index (χ0n) is 19.7. The highest BCUT2D eigenvalue weighted by Crippen LogP contribution is 2.33. The Labute approximate surface area is 205 Å². The Balaban J connectivity index is 1.32. The number of nitrogens with zero attached hydrogens (tertiary/aromatic N) is 6. The van der Waals surface area contributed by atoms with E-state index >= 15 is 0 Å². The van der Waals surface area contributed by atoms with Crippen LogP contribution in [0.2, 0.25) is 0 Å². The average Bonchev–Trinajstić information content (AvgIpc) is 3.18. The van der Waals surface area contributed by atoms with Gasteiger partial charge >= 0.3 is 0 Å². The van der Waals surface area contributed by atoms with Gasteiger partial charge in [-0.15, -0.1) is 5.10 Å². The number of piperazine rings is 1. The largest absolute Gasteiger partial charge is 0.381 e. The number of halogens is 2. The molecule has 0 unspecified atom stereocenters. The Morgan fingerprint density at radius 3 is 2.69 bits per heavy atom. The summed E-state index contributed by atoms with van der Waals surface area (Å²) >= 11 is 0. The second kappa shape index (κ2) is 9.64. The number of hydrogen-bond acceptors (Lipinski definition) is 8. The van der Waals surface area contributed by atoms with Crippen LogP contribution in [0.4, 0.5) is 26.0 Å². The second-order valence-corrected chi connectivity index (χ2v) is 9.17. The maximum atomic E-state index is 15.0. The number of amides is 2. The van der Waals surface area contributed by atoms with Crippen molar-refractivity contribution >= 4 is 34.7 Å². The van der Waals surface area contributed by atoms with E-state index in [0.717, 1.165) is 29.7 Å². The van der Waals surface area contributed by atoms with Crippen molar-refractivity contribution in [1.82, 2.24) is 29.8 Å². The van der Waals surface area contributed by atoms with Gasteiger partial charge in [0.15, 0.2) is 23.1 Å². The highest BCUT2D eigenvalue weighted by atomic mass is 19.1. The molecule has 3 aromatic rings. The van der Waals surface area contributed by atoms with E-state index in [9.17, 15) is 18.4 Å². The summed E-state index contributed by atoms with van der Waals surface area (Å²) in [6, 6.07) is 0.260. The monoisotopic (exact) mass is 499 g/mol. The Morgan fingerprint density at radius 1 is 1.17 bits per heavy atom. The number of nitrogens with two attached hydrogens (primary N) is 1. The van der Waals surface area contributed by atoms with Crippen molar-refractivity contribution in [3.63, 3.8) is 0 Å². The van der Waals surface area contributed by atoms with Crippen LogP contribution >= 0.6 is 0 Å². The van der Waals surface area contributed by atoms with Crippen molar-refractivity contribution in [2.24, 2.45) is 5.92 Å². The maximum Gasteiger partial charge on any atom is 0.263 e. The zero-order valence-corrected chi connectivity index (χ0v) is 19.7. The van der Waals surface area contributed by atoms with Gasteiger partial charge < -0.3 is 26.2 Å². The number of pyridine rings is 1. The molecule has 2 aliphatic rings. The fourth-order valence-corrected chi connectivity index (χ4v) is 4.91. The number of fused-ring (bicyclic) bond motifs is 1.